The molecule has 1 aliphatic carbocycles. The second-order valence-corrected chi connectivity index (χ2v) is 7.07. The maximum Gasteiger partial charge on any atom is 0.326 e. The standard InChI is InChI=1S/C19H18ClFN2O5/c1-10(17(25)22-15-7-6-11(21)8-14(15)20)28-16(24)9-23-18(26)12-4-2-3-5-13(12)19(23)27/h2-3,6-8,10,12-13H,4-5,9H2,1H3,(H,22,25)/t10-,12+,13+/m0/s1. The fraction of sp³-hybridized carbons (Fsp3) is 0.368. The first-order valence-corrected chi connectivity index (χ1v) is 9.11. The number of hydrogen-bond acceptors (Lipinski definition) is 5. The van der Waals surface area contributed by atoms with Crippen molar-refractivity contribution in [3.63, 3.8) is 0 Å². The summed E-state index contributed by atoms with van der Waals surface area (Å²) in [6.45, 7) is 0.793. The van der Waals surface area contributed by atoms with Gasteiger partial charge in [0, 0.05) is 0 Å². The highest BCUT2D eigenvalue weighted by atomic mass is 35.5. The summed E-state index contributed by atoms with van der Waals surface area (Å²) in [7, 11) is 0. The smallest absolute Gasteiger partial charge is 0.326 e. The second kappa shape index (κ2) is 8.10. The van der Waals surface area contributed by atoms with E-state index in [0.29, 0.717) is 12.8 Å². The Balaban J connectivity index is 1.56. The van der Waals surface area contributed by atoms with Gasteiger partial charge in [0.2, 0.25) is 11.8 Å². The Morgan fingerprint density at radius 2 is 1.86 bits per heavy atom. The zero-order valence-electron chi connectivity index (χ0n) is 15.0. The zero-order chi connectivity index (χ0) is 20.4. The molecule has 0 unspecified atom stereocenters. The van der Waals surface area contributed by atoms with Gasteiger partial charge >= 0.3 is 5.97 Å². The number of benzene rings is 1. The molecule has 3 atom stereocenters. The number of nitrogens with one attached hydrogen (secondary N) is 1. The Labute approximate surface area is 165 Å². The second-order valence-electron chi connectivity index (χ2n) is 6.66. The van der Waals surface area contributed by atoms with Crippen molar-refractivity contribution >= 4 is 41.0 Å². The third-order valence-corrected chi connectivity index (χ3v) is 5.07. The number of nitrogens with zero attached hydrogens (tertiary/aromatic N) is 1. The lowest BCUT2D eigenvalue weighted by atomic mass is 9.85. The van der Waals surface area contributed by atoms with Gasteiger partial charge in [0.25, 0.3) is 5.91 Å². The molecule has 1 N–H and O–H groups in total. The lowest BCUT2D eigenvalue weighted by Gasteiger charge is -2.17. The highest BCUT2D eigenvalue weighted by molar-refractivity contribution is 6.33. The first-order valence-electron chi connectivity index (χ1n) is 8.73. The molecule has 0 radical (unpaired) electrons. The van der Waals surface area contributed by atoms with Crippen LogP contribution in [0.4, 0.5) is 10.1 Å². The minimum Gasteiger partial charge on any atom is -0.451 e. The SMILES string of the molecule is C[C@H](OC(=O)CN1C(=O)[C@@H]2CC=CC[C@H]2C1=O)C(=O)Nc1ccc(F)cc1Cl. The Hall–Kier alpha value is -2.74. The Morgan fingerprint density at radius 1 is 1.25 bits per heavy atom. The molecule has 1 aromatic carbocycles. The molecule has 3 amide bonds. The number of carbonyl (C=O) groups is 4. The molecule has 28 heavy (non-hydrogen) atoms. The number of fused-ring (bicyclic) bond motifs is 1. The van der Waals surface area contributed by atoms with Crippen LogP contribution in [0.5, 0.6) is 0 Å². The number of anilines is 1. The van der Waals surface area contributed by atoms with E-state index >= 15 is 0 Å². The fourth-order valence-corrected chi connectivity index (χ4v) is 3.48. The van der Waals surface area contributed by atoms with E-state index in [0.717, 1.165) is 17.0 Å². The van der Waals surface area contributed by atoms with Gasteiger partial charge in [-0.15, -0.1) is 0 Å². The molecular weight excluding hydrogens is 391 g/mol. The number of rotatable bonds is 5. The van der Waals surface area contributed by atoms with Gasteiger partial charge in [-0.3, -0.25) is 24.1 Å². The molecule has 9 heteroatoms. The average molecular weight is 409 g/mol. The van der Waals surface area contributed by atoms with Crippen LogP contribution >= 0.6 is 11.6 Å². The van der Waals surface area contributed by atoms with Crippen LogP contribution in [0.2, 0.25) is 5.02 Å². The van der Waals surface area contributed by atoms with Crippen molar-refractivity contribution in [3.8, 4) is 0 Å². The van der Waals surface area contributed by atoms with Gasteiger partial charge in [0.15, 0.2) is 6.10 Å². The van der Waals surface area contributed by atoms with Crippen LogP contribution in [0.3, 0.4) is 0 Å². The highest BCUT2D eigenvalue weighted by Gasteiger charge is 2.47. The van der Waals surface area contributed by atoms with Gasteiger partial charge in [-0.05, 0) is 38.0 Å². The average Bonchev–Trinajstić information content (AvgIpc) is 2.89. The summed E-state index contributed by atoms with van der Waals surface area (Å²) < 4.78 is 18.1. The zero-order valence-corrected chi connectivity index (χ0v) is 15.7. The molecule has 7 nitrogen and oxygen atoms in total. The van der Waals surface area contributed by atoms with Crippen molar-refractivity contribution in [1.29, 1.82) is 0 Å². The first-order chi connectivity index (χ1) is 13.3. The van der Waals surface area contributed by atoms with Gasteiger partial charge in [0.1, 0.15) is 12.4 Å². The largest absolute Gasteiger partial charge is 0.451 e. The van der Waals surface area contributed by atoms with Crippen LogP contribution in [-0.2, 0) is 23.9 Å². The third-order valence-electron chi connectivity index (χ3n) is 4.75. The van der Waals surface area contributed by atoms with E-state index < -0.39 is 54.0 Å². The maximum absolute atomic E-state index is 13.1. The highest BCUT2D eigenvalue weighted by Crippen LogP contribution is 2.34. The van der Waals surface area contributed by atoms with Crippen LogP contribution < -0.4 is 5.32 Å². The lowest BCUT2D eigenvalue weighted by Crippen LogP contribution is -2.39. The monoisotopic (exact) mass is 408 g/mol. The molecule has 2 aliphatic rings. The van der Waals surface area contributed by atoms with Gasteiger partial charge in [0.05, 0.1) is 22.5 Å². The quantitative estimate of drug-likeness (QED) is 0.458. The summed E-state index contributed by atoms with van der Waals surface area (Å²) in [5.41, 5.74) is 0.164. The van der Waals surface area contributed by atoms with Crippen molar-refractivity contribution in [2.24, 2.45) is 11.8 Å². The molecule has 1 aliphatic heterocycles. The van der Waals surface area contributed by atoms with E-state index in [-0.39, 0.29) is 10.7 Å². The summed E-state index contributed by atoms with van der Waals surface area (Å²) in [6.07, 6.45) is 3.43. The van der Waals surface area contributed by atoms with Crippen molar-refractivity contribution in [3.05, 3.63) is 41.2 Å². The minimum absolute atomic E-state index is 0.00338. The summed E-state index contributed by atoms with van der Waals surface area (Å²) >= 11 is 5.84. The summed E-state index contributed by atoms with van der Waals surface area (Å²) in [4.78, 5) is 49.9. The lowest BCUT2D eigenvalue weighted by molar-refractivity contribution is -0.158. The predicted molar refractivity (Wildman–Crippen MR) is 97.7 cm³/mol. The molecule has 0 bridgehead atoms. The molecule has 1 saturated heterocycles. The van der Waals surface area contributed by atoms with E-state index in [1.807, 2.05) is 12.2 Å². The third kappa shape index (κ3) is 4.06. The molecule has 148 valence electrons. The van der Waals surface area contributed by atoms with Gasteiger partial charge in [-0.25, -0.2) is 4.39 Å². The Kier molecular flexibility index (Phi) is 5.79. The number of imide groups is 1. The number of hydrogen-bond donors (Lipinski definition) is 1. The number of allylic oxidation sites excluding steroid dienone is 2. The van der Waals surface area contributed by atoms with E-state index in [1.165, 1.54) is 13.0 Å². The predicted octanol–water partition coefficient (Wildman–Crippen LogP) is 2.30. The van der Waals surface area contributed by atoms with E-state index in [1.54, 1.807) is 0 Å². The van der Waals surface area contributed by atoms with Crippen LogP contribution in [0.1, 0.15) is 19.8 Å². The van der Waals surface area contributed by atoms with Crippen LogP contribution in [0.15, 0.2) is 30.4 Å². The molecular formula is C19H18ClFN2O5. The van der Waals surface area contributed by atoms with Crippen molar-refractivity contribution in [1.82, 2.24) is 4.90 Å². The van der Waals surface area contributed by atoms with E-state index in [2.05, 4.69) is 5.32 Å². The fourth-order valence-electron chi connectivity index (χ4n) is 3.27. The van der Waals surface area contributed by atoms with Gasteiger partial charge in [-0.1, -0.05) is 23.8 Å². The Morgan fingerprint density at radius 3 is 2.43 bits per heavy atom. The van der Waals surface area contributed by atoms with Gasteiger partial charge in [-0.2, -0.15) is 0 Å². The molecule has 0 saturated carbocycles. The van der Waals surface area contributed by atoms with Gasteiger partial charge < -0.3 is 10.1 Å². The van der Waals surface area contributed by atoms with Crippen molar-refractivity contribution in [2.45, 2.75) is 25.9 Å². The maximum atomic E-state index is 13.1. The van der Waals surface area contributed by atoms with Crippen LogP contribution in [0, 0.1) is 17.7 Å². The summed E-state index contributed by atoms with van der Waals surface area (Å²) in [5, 5.41) is 2.42. The number of ether oxygens (including phenoxy) is 1. The molecule has 3 rings (SSSR count). The minimum atomic E-state index is -1.20. The normalized spacial score (nSPS) is 22.0. The molecule has 1 aromatic rings. The number of halogens is 2. The Bertz CT molecular complexity index is 846. The summed E-state index contributed by atoms with van der Waals surface area (Å²) in [6, 6.07) is 3.44. The molecule has 0 aromatic heterocycles. The number of esters is 1. The number of carbonyl (C=O) groups excluding carboxylic acids is 4. The van der Waals surface area contributed by atoms with Crippen LogP contribution in [-0.4, -0.2) is 41.2 Å². The van der Waals surface area contributed by atoms with E-state index in [9.17, 15) is 23.6 Å². The summed E-state index contributed by atoms with van der Waals surface area (Å²) in [5.74, 6) is -3.78. The van der Waals surface area contributed by atoms with Crippen molar-refractivity contribution in [2.75, 3.05) is 11.9 Å². The van der Waals surface area contributed by atoms with Crippen LogP contribution in [0.25, 0.3) is 0 Å². The number of amides is 3. The molecule has 1 fully saturated rings. The molecule has 0 spiro atoms. The first kappa shape index (κ1) is 20.0. The topological polar surface area (TPSA) is 92.8 Å². The number of likely N-dealkylation sites (tertiary alicyclic amines) is 1. The van der Waals surface area contributed by atoms with E-state index in [4.69, 9.17) is 16.3 Å². The molecule has 1 heterocycles. The van der Waals surface area contributed by atoms with Crippen molar-refractivity contribution < 1.29 is 28.3 Å².